The Morgan fingerprint density at radius 2 is 0.790 bits per heavy atom. The van der Waals surface area contributed by atoms with E-state index >= 15 is 0 Å². The highest BCUT2D eigenvalue weighted by Gasteiger charge is 2.30. The third-order valence-electron chi connectivity index (χ3n) is 8.06. The molecule has 8 N–H and O–H groups in total. The quantitative estimate of drug-likeness (QED) is 0.122. The number of hydrogen-bond donors (Lipinski definition) is 4. The van der Waals surface area contributed by atoms with Crippen LogP contribution in [-0.4, -0.2) is 79.1 Å². The van der Waals surface area contributed by atoms with E-state index in [0.29, 0.717) is 12.8 Å². The molecule has 6 aromatic heterocycles. The Morgan fingerprint density at radius 1 is 0.516 bits per heavy atom. The number of hydrogen-bond acceptors (Lipinski definition) is 18. The molecule has 0 saturated heterocycles. The minimum atomic E-state index is -5.19. The number of aromatic nitrogens is 6. The molecule has 6 aromatic rings. The highest BCUT2D eigenvalue weighted by molar-refractivity contribution is 5.93. The minimum absolute atomic E-state index is 0.0187. The fourth-order valence-corrected chi connectivity index (χ4v) is 5.09. The zero-order valence-electron chi connectivity index (χ0n) is 31.5. The highest BCUT2D eigenvalue weighted by atomic mass is 19.4. The first-order valence-corrected chi connectivity index (χ1v) is 17.9. The molecule has 2 unspecified atom stereocenters. The highest BCUT2D eigenvalue weighted by Crippen LogP contribution is 2.30. The number of nitrogens with zero attached hydrogens (tertiary/aromatic N) is 6. The maximum absolute atomic E-state index is 13.3. The number of nitrogens with one attached hydrogen (secondary N) is 2. The van der Waals surface area contributed by atoms with Gasteiger partial charge in [-0.3, -0.25) is 9.59 Å². The summed E-state index contributed by atoms with van der Waals surface area (Å²) in [6.45, 7) is 1.47. The summed E-state index contributed by atoms with van der Waals surface area (Å²) in [6, 6.07) is -1.21. The van der Waals surface area contributed by atoms with Gasteiger partial charge in [0, 0.05) is 0 Å². The molecule has 2 amide bonds. The van der Waals surface area contributed by atoms with E-state index in [1.807, 2.05) is 0 Å². The van der Waals surface area contributed by atoms with Crippen LogP contribution in [0, 0.1) is 0 Å². The molecule has 1 aliphatic rings. The van der Waals surface area contributed by atoms with E-state index in [4.69, 9.17) is 46.3 Å². The van der Waals surface area contributed by atoms with Gasteiger partial charge in [-0.05, 0) is 38.5 Å². The van der Waals surface area contributed by atoms with Crippen molar-refractivity contribution in [2.45, 2.75) is 63.0 Å². The van der Waals surface area contributed by atoms with E-state index in [-0.39, 0.29) is 69.5 Å². The second kappa shape index (κ2) is 19.8. The first-order valence-electron chi connectivity index (χ1n) is 17.9. The molecule has 1 aliphatic heterocycles. The Hall–Kier alpha value is -7.36. The molecule has 62 heavy (non-hydrogen) atoms. The van der Waals surface area contributed by atoms with E-state index in [0.717, 1.165) is 38.8 Å². The molecule has 2 atom stereocenters. The van der Waals surface area contributed by atoms with Gasteiger partial charge < -0.3 is 68.4 Å². The number of carboxylic acids is 2. The maximum Gasteiger partial charge on any atom is 0.430 e. The third-order valence-corrected chi connectivity index (χ3v) is 8.06. The third kappa shape index (κ3) is 11.9. The number of rotatable bonds is 8. The topological polar surface area (TPSA) is 350 Å². The van der Waals surface area contributed by atoms with Crippen LogP contribution in [0.5, 0.6) is 0 Å². The smallest absolute Gasteiger partial charge is 0.430 e. The van der Waals surface area contributed by atoms with Crippen molar-refractivity contribution in [3.8, 4) is 46.3 Å². The number of carbonyl (C=O) groups is 4. The van der Waals surface area contributed by atoms with Crippen LogP contribution in [0.4, 0.5) is 26.3 Å². The fourth-order valence-electron chi connectivity index (χ4n) is 5.09. The summed E-state index contributed by atoms with van der Waals surface area (Å²) in [4.78, 5) is 70.7. The van der Waals surface area contributed by atoms with E-state index in [1.54, 1.807) is 0 Å². The van der Waals surface area contributed by atoms with Gasteiger partial charge in [0.15, 0.2) is 34.2 Å². The number of quaternary nitrogens is 2. The Bertz CT molecular complexity index is 2280. The number of fused-ring (bicyclic) bond motifs is 16. The standard InChI is InChI=1S/C30H30N10O8.2C2HF3O2/c31-7-3-1-5-15-25-37-21(11-45-25)29-39-20(13-47-29)28-36-18(10-44-28)24(42)34-16(6-2-4-8-32)26-38-22(12-46-26)30-40-19(14-48-30)27-35-17(9-43-27)23(41)33-15;2*3-2(4,5)1(6)7/h9-16H,1-8,31-32H2,(H,33,41)(H,34,42);2*(H,6,7). The number of aliphatic carboxylic acids is 2. The van der Waals surface area contributed by atoms with Gasteiger partial charge in [0.1, 0.15) is 61.6 Å². The predicted molar refractivity (Wildman–Crippen MR) is 181 cm³/mol. The SMILES string of the molecule is O=C([O-])C(F)(F)F.O=C([O-])C(F)(F)F.[NH3+]CCCCC1NC(=O)c2coc(n2)-c2coc(n2)-c2coc(n2)C(CCCC[NH3+])NC(=O)c2coc(n2)-c2coc(n2)-c2coc1n2. The van der Waals surface area contributed by atoms with Crippen molar-refractivity contribution in [1.82, 2.24) is 40.5 Å². The molecule has 0 aromatic carbocycles. The average molecular weight is 887 g/mol. The lowest BCUT2D eigenvalue weighted by Gasteiger charge is -2.14. The second-order valence-corrected chi connectivity index (χ2v) is 12.6. The summed E-state index contributed by atoms with van der Waals surface area (Å²) >= 11 is 0. The molecule has 0 fully saturated rings. The molecular formula is C34H32F6N10O12. The summed E-state index contributed by atoms with van der Waals surface area (Å²) in [7, 11) is 0. The lowest BCUT2D eigenvalue weighted by Crippen LogP contribution is -2.50. The second-order valence-electron chi connectivity index (χ2n) is 12.6. The maximum atomic E-state index is 13.3. The molecule has 332 valence electrons. The molecule has 28 heteroatoms. The first-order chi connectivity index (χ1) is 29.4. The van der Waals surface area contributed by atoms with Gasteiger partial charge in [-0.15, -0.1) is 0 Å². The molecule has 7 rings (SSSR count). The predicted octanol–water partition coefficient (Wildman–Crippen LogP) is 0.960. The number of carbonyl (C=O) groups excluding carboxylic acids is 4. The molecule has 7 heterocycles. The molecular weight excluding hydrogens is 854 g/mol. The average Bonchev–Trinajstić information content (AvgIpc) is 4.06. The van der Waals surface area contributed by atoms with Crippen molar-refractivity contribution in [3.63, 3.8) is 0 Å². The van der Waals surface area contributed by atoms with Gasteiger partial charge >= 0.3 is 12.4 Å². The number of unbranched alkanes of at least 4 members (excludes halogenated alkanes) is 2. The Kier molecular flexibility index (Phi) is 14.6. The fraction of sp³-hybridized carbons (Fsp3) is 0.353. The van der Waals surface area contributed by atoms with E-state index in [9.17, 15) is 35.9 Å². The number of alkyl halides is 6. The number of oxazole rings is 6. The monoisotopic (exact) mass is 886 g/mol. The van der Waals surface area contributed by atoms with Crippen LogP contribution in [0.3, 0.4) is 0 Å². The van der Waals surface area contributed by atoms with Crippen LogP contribution < -0.4 is 32.3 Å². The van der Waals surface area contributed by atoms with Crippen molar-refractivity contribution in [1.29, 1.82) is 0 Å². The summed E-state index contributed by atoms with van der Waals surface area (Å²) in [5, 5.41) is 23.4. The molecule has 0 radical (unpaired) electrons. The van der Waals surface area contributed by atoms with Crippen molar-refractivity contribution in [3.05, 3.63) is 60.7 Å². The van der Waals surface area contributed by atoms with Crippen LogP contribution >= 0.6 is 0 Å². The Balaban J connectivity index is 0.000000448. The van der Waals surface area contributed by atoms with Crippen LogP contribution in [0.15, 0.2) is 64.1 Å². The number of amides is 2. The number of carboxylic acid groups (broad SMARTS) is 2. The van der Waals surface area contributed by atoms with Crippen LogP contribution in [0.2, 0.25) is 0 Å². The Labute approximate surface area is 341 Å². The van der Waals surface area contributed by atoms with Crippen molar-refractivity contribution in [2.75, 3.05) is 13.1 Å². The Morgan fingerprint density at radius 3 is 1.10 bits per heavy atom. The van der Waals surface area contributed by atoms with Gasteiger partial charge in [0.2, 0.25) is 35.3 Å². The van der Waals surface area contributed by atoms with Gasteiger partial charge in [0.05, 0.1) is 13.1 Å². The lowest BCUT2D eigenvalue weighted by molar-refractivity contribution is -0.369. The molecule has 22 nitrogen and oxygen atoms in total. The molecule has 12 bridgehead atoms. The van der Waals surface area contributed by atoms with Crippen molar-refractivity contribution >= 4 is 23.8 Å². The number of halogens is 6. The molecule has 0 aliphatic carbocycles. The zero-order valence-corrected chi connectivity index (χ0v) is 31.5. The normalized spacial score (nSPS) is 15.2. The van der Waals surface area contributed by atoms with E-state index in [2.05, 4.69) is 52.0 Å². The minimum Gasteiger partial charge on any atom is -0.542 e. The van der Waals surface area contributed by atoms with E-state index < -0.39 is 48.2 Å². The van der Waals surface area contributed by atoms with Crippen LogP contribution in [0.25, 0.3) is 46.3 Å². The summed E-state index contributed by atoms with van der Waals surface area (Å²) in [5.74, 6) is -6.17. The molecule has 0 spiro atoms. The first kappa shape index (κ1) is 45.7. The summed E-state index contributed by atoms with van der Waals surface area (Å²) in [5.41, 5.74) is 8.86. The largest absolute Gasteiger partial charge is 0.542 e. The van der Waals surface area contributed by atoms with Crippen LogP contribution in [-0.2, 0) is 9.59 Å². The summed E-state index contributed by atoms with van der Waals surface area (Å²) < 4.78 is 97.0. The van der Waals surface area contributed by atoms with Gasteiger partial charge in [-0.2, -0.15) is 26.3 Å². The van der Waals surface area contributed by atoms with E-state index in [1.165, 1.54) is 37.6 Å². The van der Waals surface area contributed by atoms with Gasteiger partial charge in [-0.25, -0.2) is 29.9 Å². The zero-order chi connectivity index (χ0) is 45.2. The van der Waals surface area contributed by atoms with Crippen molar-refractivity contribution in [2.24, 2.45) is 0 Å². The molecule has 0 saturated carbocycles. The lowest BCUT2D eigenvalue weighted by atomic mass is 10.1. The van der Waals surface area contributed by atoms with Gasteiger partial charge in [-0.1, -0.05) is 0 Å². The van der Waals surface area contributed by atoms with Crippen molar-refractivity contribution < 1.29 is 93.7 Å². The summed E-state index contributed by atoms with van der Waals surface area (Å²) in [6.07, 6.45) is 1.70. The van der Waals surface area contributed by atoms with Gasteiger partial charge in [0.25, 0.3) is 11.8 Å². The van der Waals surface area contributed by atoms with Crippen LogP contribution in [0.1, 0.15) is 83.4 Å².